The number of pyridine rings is 1. The van der Waals surface area contributed by atoms with Gasteiger partial charge in [0.2, 0.25) is 0 Å². The van der Waals surface area contributed by atoms with Crippen molar-refractivity contribution in [2.75, 3.05) is 12.4 Å². The molecule has 0 aliphatic heterocycles. The minimum Gasteiger partial charge on any atom is -0.455 e. The topological polar surface area (TPSA) is 85.3 Å². The summed E-state index contributed by atoms with van der Waals surface area (Å²) in [5.74, 6) is -0.166. The number of nitrogens with zero attached hydrogens (tertiary/aromatic N) is 2. The zero-order chi connectivity index (χ0) is 23.4. The van der Waals surface area contributed by atoms with Crippen LogP contribution >= 0.6 is 0 Å². The number of hydrogen-bond acceptors (Lipinski definition) is 4. The molecule has 4 rings (SSSR count). The van der Waals surface area contributed by atoms with Gasteiger partial charge < -0.3 is 19.9 Å². The van der Waals surface area contributed by atoms with Gasteiger partial charge in [-0.2, -0.15) is 0 Å². The zero-order valence-corrected chi connectivity index (χ0v) is 18.0. The molecule has 0 saturated carbocycles. The van der Waals surface area contributed by atoms with Crippen LogP contribution in [0.5, 0.6) is 11.5 Å². The summed E-state index contributed by atoms with van der Waals surface area (Å²) in [5, 5.41) is 5.39. The van der Waals surface area contributed by atoms with Gasteiger partial charge in [-0.25, -0.2) is 4.39 Å². The molecule has 0 radical (unpaired) electrons. The van der Waals surface area contributed by atoms with Crippen molar-refractivity contribution >= 4 is 17.5 Å². The molecule has 0 spiro atoms. The summed E-state index contributed by atoms with van der Waals surface area (Å²) in [7, 11) is 3.29. The second-order valence-corrected chi connectivity index (χ2v) is 7.18. The molecule has 2 aromatic carbocycles. The van der Waals surface area contributed by atoms with E-state index in [2.05, 4.69) is 15.6 Å². The van der Waals surface area contributed by atoms with E-state index in [-0.39, 0.29) is 23.3 Å². The molecule has 0 atom stereocenters. The fourth-order valence-corrected chi connectivity index (χ4v) is 3.35. The van der Waals surface area contributed by atoms with Gasteiger partial charge in [0.1, 0.15) is 23.0 Å². The minimum atomic E-state index is -0.331. The van der Waals surface area contributed by atoms with E-state index < -0.39 is 0 Å². The highest BCUT2D eigenvalue weighted by Gasteiger charge is 2.16. The van der Waals surface area contributed by atoms with Crippen molar-refractivity contribution in [1.29, 1.82) is 0 Å². The monoisotopic (exact) mass is 444 g/mol. The van der Waals surface area contributed by atoms with Gasteiger partial charge in [-0.1, -0.05) is 12.1 Å². The molecule has 0 aliphatic carbocycles. The van der Waals surface area contributed by atoms with Crippen molar-refractivity contribution in [3.05, 3.63) is 96.2 Å². The van der Waals surface area contributed by atoms with Crippen LogP contribution in [0.15, 0.2) is 79.0 Å². The number of benzene rings is 2. The van der Waals surface area contributed by atoms with Crippen LogP contribution < -0.4 is 15.4 Å². The fraction of sp³-hybridized carbons (Fsp3) is 0.0800. The van der Waals surface area contributed by atoms with E-state index >= 15 is 0 Å². The molecular weight excluding hydrogens is 423 g/mol. The van der Waals surface area contributed by atoms with Crippen LogP contribution in [0.1, 0.15) is 21.0 Å². The second kappa shape index (κ2) is 9.35. The van der Waals surface area contributed by atoms with Crippen LogP contribution in [0.2, 0.25) is 0 Å². The number of halogens is 1. The molecule has 2 amide bonds. The third-order valence-corrected chi connectivity index (χ3v) is 5.05. The van der Waals surface area contributed by atoms with Crippen molar-refractivity contribution in [3.63, 3.8) is 0 Å². The molecule has 0 saturated heterocycles. The van der Waals surface area contributed by atoms with Gasteiger partial charge in [-0.05, 0) is 60.2 Å². The SMILES string of the molecule is CNC(=O)c1cc(Oc2ccccc2NC(=O)c2ccc(-c3ccc(F)cc3)n2C)ccn1. The number of ether oxygens (including phenoxy) is 1. The summed E-state index contributed by atoms with van der Waals surface area (Å²) in [6, 6.07) is 19.7. The van der Waals surface area contributed by atoms with Crippen LogP contribution in [0.4, 0.5) is 10.1 Å². The van der Waals surface area contributed by atoms with Crippen LogP contribution in [0.25, 0.3) is 11.3 Å². The van der Waals surface area contributed by atoms with Gasteiger partial charge in [-0.15, -0.1) is 0 Å². The number of amides is 2. The Kier molecular flexibility index (Phi) is 6.17. The predicted molar refractivity (Wildman–Crippen MR) is 123 cm³/mol. The maximum absolute atomic E-state index is 13.2. The zero-order valence-electron chi connectivity index (χ0n) is 18.0. The number of para-hydroxylation sites is 2. The highest BCUT2D eigenvalue weighted by molar-refractivity contribution is 6.04. The first-order chi connectivity index (χ1) is 16.0. The average molecular weight is 444 g/mol. The van der Waals surface area contributed by atoms with Crippen molar-refractivity contribution in [2.24, 2.45) is 7.05 Å². The van der Waals surface area contributed by atoms with E-state index in [1.165, 1.54) is 31.4 Å². The van der Waals surface area contributed by atoms with E-state index in [1.54, 1.807) is 60.1 Å². The molecule has 2 heterocycles. The minimum absolute atomic E-state index is 0.216. The molecule has 33 heavy (non-hydrogen) atoms. The number of hydrogen-bond donors (Lipinski definition) is 2. The Morgan fingerprint density at radius 1 is 0.970 bits per heavy atom. The van der Waals surface area contributed by atoms with Crippen LogP contribution in [0.3, 0.4) is 0 Å². The maximum atomic E-state index is 13.2. The number of carbonyl (C=O) groups is 2. The van der Waals surface area contributed by atoms with E-state index in [0.29, 0.717) is 22.9 Å². The summed E-state index contributed by atoms with van der Waals surface area (Å²) in [5.41, 5.74) is 2.68. The molecule has 0 bridgehead atoms. The number of nitrogens with one attached hydrogen (secondary N) is 2. The Balaban J connectivity index is 1.56. The first-order valence-electron chi connectivity index (χ1n) is 10.1. The third kappa shape index (κ3) is 4.74. The number of rotatable bonds is 6. The molecule has 0 unspecified atom stereocenters. The van der Waals surface area contributed by atoms with E-state index in [1.807, 2.05) is 6.07 Å². The molecule has 0 fully saturated rings. The maximum Gasteiger partial charge on any atom is 0.272 e. The summed E-state index contributed by atoms with van der Waals surface area (Å²) in [4.78, 5) is 28.9. The van der Waals surface area contributed by atoms with Gasteiger partial charge in [-0.3, -0.25) is 14.6 Å². The average Bonchev–Trinajstić information content (AvgIpc) is 3.22. The molecule has 0 aliphatic rings. The predicted octanol–water partition coefficient (Wildman–Crippen LogP) is 4.63. The lowest BCUT2D eigenvalue weighted by Gasteiger charge is -2.13. The van der Waals surface area contributed by atoms with Crippen LogP contribution in [0, 0.1) is 5.82 Å². The molecule has 2 N–H and O–H groups in total. The Hall–Kier alpha value is -4.46. The second-order valence-electron chi connectivity index (χ2n) is 7.18. The Bertz CT molecular complexity index is 1320. The Labute approximate surface area is 189 Å². The van der Waals surface area contributed by atoms with Crippen LogP contribution in [-0.2, 0) is 7.05 Å². The van der Waals surface area contributed by atoms with Crippen molar-refractivity contribution in [1.82, 2.24) is 14.9 Å². The van der Waals surface area contributed by atoms with Gasteiger partial charge >= 0.3 is 0 Å². The van der Waals surface area contributed by atoms with Gasteiger partial charge in [0, 0.05) is 32.1 Å². The summed E-state index contributed by atoms with van der Waals surface area (Å²) in [6.07, 6.45) is 1.47. The first-order valence-corrected chi connectivity index (χ1v) is 10.1. The molecule has 4 aromatic rings. The quantitative estimate of drug-likeness (QED) is 0.454. The van der Waals surface area contributed by atoms with E-state index in [0.717, 1.165) is 11.3 Å². The Morgan fingerprint density at radius 2 is 1.73 bits per heavy atom. The smallest absolute Gasteiger partial charge is 0.272 e. The van der Waals surface area contributed by atoms with Gasteiger partial charge in [0.15, 0.2) is 5.75 Å². The molecular formula is C25H21FN4O3. The fourth-order valence-electron chi connectivity index (χ4n) is 3.35. The normalized spacial score (nSPS) is 10.5. The number of anilines is 1. The van der Waals surface area contributed by atoms with E-state index in [9.17, 15) is 14.0 Å². The van der Waals surface area contributed by atoms with E-state index in [4.69, 9.17) is 4.74 Å². The third-order valence-electron chi connectivity index (χ3n) is 5.05. The van der Waals surface area contributed by atoms with Crippen molar-refractivity contribution in [2.45, 2.75) is 0 Å². The highest BCUT2D eigenvalue weighted by atomic mass is 19.1. The number of aromatic nitrogens is 2. The molecule has 7 nitrogen and oxygen atoms in total. The lowest BCUT2D eigenvalue weighted by Crippen LogP contribution is -2.19. The van der Waals surface area contributed by atoms with Crippen molar-refractivity contribution in [3.8, 4) is 22.8 Å². The first kappa shape index (κ1) is 21.8. The molecule has 2 aromatic heterocycles. The molecule has 8 heteroatoms. The lowest BCUT2D eigenvalue weighted by atomic mass is 10.1. The van der Waals surface area contributed by atoms with Crippen LogP contribution in [-0.4, -0.2) is 28.4 Å². The standard InChI is InChI=1S/C25H21FN4O3/c1-27-24(31)20-15-18(13-14-28-20)33-23-6-4-3-5-19(23)29-25(32)22-12-11-21(30(22)2)16-7-9-17(26)10-8-16/h3-15H,1-2H3,(H,27,31)(H,29,32). The summed E-state index contributed by atoms with van der Waals surface area (Å²) < 4.78 is 20.9. The lowest BCUT2D eigenvalue weighted by molar-refractivity contribution is 0.0957. The van der Waals surface area contributed by atoms with Crippen molar-refractivity contribution < 1.29 is 18.7 Å². The molecule has 166 valence electrons. The van der Waals surface area contributed by atoms with Gasteiger partial charge in [0.05, 0.1) is 5.69 Å². The summed E-state index contributed by atoms with van der Waals surface area (Å²) >= 11 is 0. The van der Waals surface area contributed by atoms with Gasteiger partial charge in [0.25, 0.3) is 11.8 Å². The Morgan fingerprint density at radius 3 is 2.48 bits per heavy atom. The highest BCUT2D eigenvalue weighted by Crippen LogP contribution is 2.30. The largest absolute Gasteiger partial charge is 0.455 e. The summed E-state index contributed by atoms with van der Waals surface area (Å²) in [6.45, 7) is 0. The number of carbonyl (C=O) groups excluding carboxylic acids is 2.